The predicted octanol–water partition coefficient (Wildman–Crippen LogP) is 1.57. The van der Waals surface area contributed by atoms with E-state index in [4.69, 9.17) is 5.73 Å². The minimum absolute atomic E-state index is 0.225. The van der Waals surface area contributed by atoms with Crippen LogP contribution in [-0.4, -0.2) is 10.2 Å². The SMILES string of the molecule is NC1CCCc2c(O)c(O)cc(F)c21. The van der Waals surface area contributed by atoms with Crippen molar-refractivity contribution in [2.75, 3.05) is 0 Å². The Morgan fingerprint density at radius 3 is 2.86 bits per heavy atom. The second kappa shape index (κ2) is 3.13. The number of benzene rings is 1. The molecule has 1 aromatic carbocycles. The third-order valence-electron chi connectivity index (χ3n) is 2.69. The fourth-order valence-electron chi connectivity index (χ4n) is 1.99. The number of fused-ring (bicyclic) bond motifs is 1. The molecule has 0 aromatic heterocycles. The fourth-order valence-corrected chi connectivity index (χ4v) is 1.99. The second-order valence-corrected chi connectivity index (χ2v) is 3.62. The van der Waals surface area contributed by atoms with Gasteiger partial charge in [-0.05, 0) is 19.3 Å². The molecule has 0 aliphatic heterocycles. The summed E-state index contributed by atoms with van der Waals surface area (Å²) in [5.74, 6) is -1.16. The Labute approximate surface area is 81.0 Å². The molecule has 2 rings (SSSR count). The van der Waals surface area contributed by atoms with Gasteiger partial charge in [0.25, 0.3) is 0 Å². The maximum absolute atomic E-state index is 13.4. The van der Waals surface area contributed by atoms with Crippen molar-refractivity contribution in [3.05, 3.63) is 23.0 Å². The molecule has 0 saturated heterocycles. The van der Waals surface area contributed by atoms with Crippen molar-refractivity contribution in [3.63, 3.8) is 0 Å². The van der Waals surface area contributed by atoms with Gasteiger partial charge in [0.15, 0.2) is 11.5 Å². The van der Waals surface area contributed by atoms with Crippen molar-refractivity contribution in [2.24, 2.45) is 5.73 Å². The lowest BCUT2D eigenvalue weighted by molar-refractivity contribution is 0.385. The highest BCUT2D eigenvalue weighted by molar-refractivity contribution is 5.51. The summed E-state index contributed by atoms with van der Waals surface area (Å²) >= 11 is 0. The van der Waals surface area contributed by atoms with Crippen LogP contribution >= 0.6 is 0 Å². The summed E-state index contributed by atoms with van der Waals surface area (Å²) in [5, 5.41) is 18.7. The summed E-state index contributed by atoms with van der Waals surface area (Å²) < 4.78 is 13.4. The average Bonchev–Trinajstić information content (AvgIpc) is 2.14. The molecule has 4 N–H and O–H groups in total. The third-order valence-corrected chi connectivity index (χ3v) is 2.69. The third kappa shape index (κ3) is 1.23. The summed E-state index contributed by atoms with van der Waals surface area (Å²) in [4.78, 5) is 0. The van der Waals surface area contributed by atoms with Crippen molar-refractivity contribution in [3.8, 4) is 11.5 Å². The van der Waals surface area contributed by atoms with Crippen molar-refractivity contribution in [1.82, 2.24) is 0 Å². The standard InChI is InChI=1S/C10H12FNO2/c11-6-4-8(13)10(14)5-2-1-3-7(12)9(5)6/h4,7,13-14H,1-3,12H2. The van der Waals surface area contributed by atoms with Crippen LogP contribution in [0.2, 0.25) is 0 Å². The first-order valence-electron chi connectivity index (χ1n) is 4.60. The maximum Gasteiger partial charge on any atom is 0.161 e. The summed E-state index contributed by atoms with van der Waals surface area (Å²) in [6.45, 7) is 0. The summed E-state index contributed by atoms with van der Waals surface area (Å²) in [5.41, 5.74) is 6.55. The van der Waals surface area contributed by atoms with Crippen LogP contribution in [0.1, 0.15) is 30.0 Å². The average molecular weight is 197 g/mol. The Balaban J connectivity index is 2.66. The zero-order valence-corrected chi connectivity index (χ0v) is 7.63. The highest BCUT2D eigenvalue weighted by Gasteiger charge is 2.25. The lowest BCUT2D eigenvalue weighted by Gasteiger charge is -2.23. The molecular formula is C10H12FNO2. The zero-order valence-electron chi connectivity index (χ0n) is 7.63. The van der Waals surface area contributed by atoms with Gasteiger partial charge in [-0.2, -0.15) is 0 Å². The van der Waals surface area contributed by atoms with Crippen LogP contribution in [0.3, 0.4) is 0 Å². The van der Waals surface area contributed by atoms with Crippen molar-refractivity contribution in [1.29, 1.82) is 0 Å². The molecule has 0 fully saturated rings. The Morgan fingerprint density at radius 1 is 1.43 bits per heavy atom. The normalized spacial score (nSPS) is 20.6. The first kappa shape index (κ1) is 9.27. The van der Waals surface area contributed by atoms with E-state index < -0.39 is 11.6 Å². The van der Waals surface area contributed by atoms with Crippen LogP contribution in [0.25, 0.3) is 0 Å². The van der Waals surface area contributed by atoms with Crippen molar-refractivity contribution < 1.29 is 14.6 Å². The van der Waals surface area contributed by atoms with Gasteiger partial charge in [-0.25, -0.2) is 4.39 Å². The molecule has 0 saturated carbocycles. The molecule has 0 bridgehead atoms. The van der Waals surface area contributed by atoms with Gasteiger partial charge in [0.2, 0.25) is 0 Å². The summed E-state index contributed by atoms with van der Waals surface area (Å²) in [6, 6.07) is 0.546. The van der Waals surface area contributed by atoms with Crippen molar-refractivity contribution >= 4 is 0 Å². The van der Waals surface area contributed by atoms with E-state index in [0.29, 0.717) is 24.0 Å². The fraction of sp³-hybridized carbons (Fsp3) is 0.400. The van der Waals surface area contributed by atoms with Gasteiger partial charge in [-0.15, -0.1) is 0 Å². The highest BCUT2D eigenvalue weighted by Crippen LogP contribution is 2.40. The number of aromatic hydroxyl groups is 2. The Kier molecular flexibility index (Phi) is 2.07. The van der Waals surface area contributed by atoms with Crippen LogP contribution in [0.4, 0.5) is 4.39 Å². The molecule has 0 amide bonds. The van der Waals surface area contributed by atoms with Crippen LogP contribution in [0, 0.1) is 5.82 Å². The first-order valence-corrected chi connectivity index (χ1v) is 4.60. The predicted molar refractivity (Wildman–Crippen MR) is 49.6 cm³/mol. The van der Waals surface area contributed by atoms with Gasteiger partial charge < -0.3 is 15.9 Å². The highest BCUT2D eigenvalue weighted by atomic mass is 19.1. The Morgan fingerprint density at radius 2 is 2.14 bits per heavy atom. The van der Waals surface area contributed by atoms with Gasteiger partial charge in [0.1, 0.15) is 5.82 Å². The molecule has 1 unspecified atom stereocenters. The molecule has 0 heterocycles. The van der Waals surface area contributed by atoms with E-state index in [1.807, 2.05) is 0 Å². The number of phenolic OH excluding ortho intramolecular Hbond substituents is 2. The van der Waals surface area contributed by atoms with E-state index in [0.717, 1.165) is 12.5 Å². The molecule has 1 aliphatic rings. The van der Waals surface area contributed by atoms with Gasteiger partial charge in [-0.3, -0.25) is 0 Å². The minimum Gasteiger partial charge on any atom is -0.504 e. The van der Waals surface area contributed by atoms with Gasteiger partial charge in [-0.1, -0.05) is 0 Å². The number of nitrogens with two attached hydrogens (primary N) is 1. The molecule has 4 heteroatoms. The number of hydrogen-bond donors (Lipinski definition) is 3. The molecule has 1 aromatic rings. The lowest BCUT2D eigenvalue weighted by Crippen LogP contribution is -2.19. The molecule has 1 atom stereocenters. The molecule has 14 heavy (non-hydrogen) atoms. The molecule has 3 nitrogen and oxygen atoms in total. The topological polar surface area (TPSA) is 66.5 Å². The summed E-state index contributed by atoms with van der Waals surface area (Å²) in [6.07, 6.45) is 2.10. The molecule has 1 aliphatic carbocycles. The van der Waals surface area contributed by atoms with E-state index in [2.05, 4.69) is 0 Å². The molecule has 0 spiro atoms. The monoisotopic (exact) mass is 197 g/mol. The molecule has 76 valence electrons. The van der Waals surface area contributed by atoms with Gasteiger partial charge in [0.05, 0.1) is 0 Å². The van der Waals surface area contributed by atoms with Crippen molar-refractivity contribution in [2.45, 2.75) is 25.3 Å². The first-order chi connectivity index (χ1) is 6.61. The van der Waals surface area contributed by atoms with Gasteiger partial charge in [0, 0.05) is 23.2 Å². The zero-order chi connectivity index (χ0) is 10.3. The van der Waals surface area contributed by atoms with E-state index in [1.165, 1.54) is 0 Å². The Hall–Kier alpha value is -1.29. The number of halogens is 1. The number of hydrogen-bond acceptors (Lipinski definition) is 3. The van der Waals surface area contributed by atoms with Crippen LogP contribution in [0.5, 0.6) is 11.5 Å². The van der Waals surface area contributed by atoms with E-state index in [1.54, 1.807) is 0 Å². The number of phenols is 2. The smallest absolute Gasteiger partial charge is 0.161 e. The second-order valence-electron chi connectivity index (χ2n) is 3.62. The van der Waals surface area contributed by atoms with E-state index in [9.17, 15) is 14.6 Å². The largest absolute Gasteiger partial charge is 0.504 e. The minimum atomic E-state index is -0.525. The molecule has 0 radical (unpaired) electrons. The number of rotatable bonds is 0. The Bertz CT molecular complexity index is 379. The van der Waals surface area contributed by atoms with Crippen LogP contribution < -0.4 is 5.73 Å². The van der Waals surface area contributed by atoms with Crippen LogP contribution in [-0.2, 0) is 6.42 Å². The lowest BCUT2D eigenvalue weighted by atomic mass is 9.87. The van der Waals surface area contributed by atoms with Gasteiger partial charge >= 0.3 is 0 Å². The van der Waals surface area contributed by atoms with E-state index in [-0.39, 0.29) is 11.8 Å². The summed E-state index contributed by atoms with van der Waals surface area (Å²) in [7, 11) is 0. The maximum atomic E-state index is 13.4. The molecular weight excluding hydrogens is 185 g/mol. The van der Waals surface area contributed by atoms with Crippen LogP contribution in [0.15, 0.2) is 6.07 Å². The van der Waals surface area contributed by atoms with E-state index >= 15 is 0 Å². The quantitative estimate of drug-likeness (QED) is 0.553.